The highest BCUT2D eigenvalue weighted by atomic mass is 35.5. The predicted octanol–water partition coefficient (Wildman–Crippen LogP) is 2.00. The maximum Gasteiger partial charge on any atom is 0.128 e. The Bertz CT molecular complexity index is 380. The second-order valence-electron chi connectivity index (χ2n) is 4.37. The Balaban J connectivity index is 2.24. The van der Waals surface area contributed by atoms with Gasteiger partial charge in [0.2, 0.25) is 0 Å². The van der Waals surface area contributed by atoms with Crippen molar-refractivity contribution in [3.05, 3.63) is 22.8 Å². The molecule has 0 bridgehead atoms. The van der Waals surface area contributed by atoms with Gasteiger partial charge in [-0.3, -0.25) is 0 Å². The van der Waals surface area contributed by atoms with Gasteiger partial charge in [-0.2, -0.15) is 0 Å². The maximum atomic E-state index is 5.98. The van der Waals surface area contributed by atoms with Crippen molar-refractivity contribution in [1.82, 2.24) is 10.3 Å². The zero-order chi connectivity index (χ0) is 12.3. The van der Waals surface area contributed by atoms with Crippen LogP contribution < -0.4 is 11.1 Å². The van der Waals surface area contributed by atoms with Crippen LogP contribution in [0.4, 0.5) is 5.82 Å². The molecule has 1 aromatic rings. The van der Waals surface area contributed by atoms with Crippen molar-refractivity contribution in [1.29, 1.82) is 0 Å². The molecule has 5 heteroatoms. The predicted molar refractivity (Wildman–Crippen MR) is 69.0 cm³/mol. The molecule has 1 aliphatic rings. The number of aromatic nitrogens is 1. The van der Waals surface area contributed by atoms with Crippen LogP contribution in [0.5, 0.6) is 0 Å². The van der Waals surface area contributed by atoms with Gasteiger partial charge in [-0.25, -0.2) is 4.98 Å². The van der Waals surface area contributed by atoms with Gasteiger partial charge in [-0.15, -0.1) is 0 Å². The number of pyridine rings is 1. The Hall–Kier alpha value is -0.840. The van der Waals surface area contributed by atoms with Crippen LogP contribution in [0.1, 0.15) is 24.4 Å². The fraction of sp³-hybridized carbons (Fsp3) is 0.583. The van der Waals surface area contributed by atoms with Crippen LogP contribution in [0, 0.1) is 5.92 Å². The molecule has 1 aliphatic heterocycles. The maximum absolute atomic E-state index is 5.98. The first-order valence-electron chi connectivity index (χ1n) is 5.88. The smallest absolute Gasteiger partial charge is 0.128 e. The lowest BCUT2D eigenvalue weighted by atomic mass is 9.89. The molecule has 1 aromatic heterocycles. The number of nitrogens with two attached hydrogens (primary N) is 1. The molecule has 0 aliphatic carbocycles. The number of anilines is 1. The van der Waals surface area contributed by atoms with E-state index in [0.29, 0.717) is 16.8 Å². The molecular formula is C12H18ClN3O. The Kier molecular flexibility index (Phi) is 4.20. The molecule has 1 fully saturated rings. The Morgan fingerprint density at radius 2 is 2.47 bits per heavy atom. The number of hydrogen-bond acceptors (Lipinski definition) is 4. The lowest BCUT2D eigenvalue weighted by Crippen LogP contribution is -2.32. The van der Waals surface area contributed by atoms with E-state index >= 15 is 0 Å². The molecule has 0 saturated carbocycles. The molecule has 0 aromatic carbocycles. The van der Waals surface area contributed by atoms with Crippen LogP contribution in [-0.4, -0.2) is 25.2 Å². The van der Waals surface area contributed by atoms with E-state index in [1.54, 1.807) is 6.20 Å². The summed E-state index contributed by atoms with van der Waals surface area (Å²) in [6.07, 6.45) is 3.80. The van der Waals surface area contributed by atoms with Gasteiger partial charge in [-0.1, -0.05) is 11.6 Å². The quantitative estimate of drug-likeness (QED) is 0.867. The fourth-order valence-corrected chi connectivity index (χ4v) is 2.55. The Morgan fingerprint density at radius 3 is 3.12 bits per heavy atom. The molecule has 94 valence electrons. The van der Waals surface area contributed by atoms with Crippen molar-refractivity contribution >= 4 is 17.4 Å². The molecule has 0 spiro atoms. The summed E-state index contributed by atoms with van der Waals surface area (Å²) in [4.78, 5) is 4.11. The Morgan fingerprint density at radius 1 is 1.65 bits per heavy atom. The first kappa shape index (κ1) is 12.6. The van der Waals surface area contributed by atoms with E-state index in [9.17, 15) is 0 Å². The summed E-state index contributed by atoms with van der Waals surface area (Å²) in [6.45, 7) is 1.62. The van der Waals surface area contributed by atoms with Crippen LogP contribution in [0.15, 0.2) is 12.3 Å². The van der Waals surface area contributed by atoms with Crippen LogP contribution in [-0.2, 0) is 4.74 Å². The SMILES string of the molecule is CNC(c1cc(Cl)cnc1N)C1CCCOC1. The minimum atomic E-state index is 0.154. The normalized spacial score (nSPS) is 22.4. The van der Waals surface area contributed by atoms with Crippen LogP contribution in [0.2, 0.25) is 5.02 Å². The first-order chi connectivity index (χ1) is 8.22. The van der Waals surface area contributed by atoms with Gasteiger partial charge in [0.1, 0.15) is 5.82 Å². The number of nitrogen functional groups attached to an aromatic ring is 1. The highest BCUT2D eigenvalue weighted by Crippen LogP contribution is 2.32. The number of nitrogens with zero attached hydrogens (tertiary/aromatic N) is 1. The average Bonchev–Trinajstić information content (AvgIpc) is 2.36. The largest absolute Gasteiger partial charge is 0.383 e. The van der Waals surface area contributed by atoms with E-state index in [0.717, 1.165) is 31.6 Å². The molecule has 17 heavy (non-hydrogen) atoms. The van der Waals surface area contributed by atoms with Crippen LogP contribution in [0.25, 0.3) is 0 Å². The zero-order valence-electron chi connectivity index (χ0n) is 9.95. The van der Waals surface area contributed by atoms with Crippen molar-refractivity contribution in [3.63, 3.8) is 0 Å². The second-order valence-corrected chi connectivity index (χ2v) is 4.81. The molecule has 4 nitrogen and oxygen atoms in total. The number of nitrogens with one attached hydrogen (secondary N) is 1. The zero-order valence-corrected chi connectivity index (χ0v) is 10.7. The third-order valence-corrected chi connectivity index (χ3v) is 3.44. The molecule has 0 radical (unpaired) electrons. The van der Waals surface area contributed by atoms with Crippen LogP contribution in [0.3, 0.4) is 0 Å². The summed E-state index contributed by atoms with van der Waals surface area (Å²) in [5, 5.41) is 3.91. The highest BCUT2D eigenvalue weighted by Gasteiger charge is 2.26. The van der Waals surface area contributed by atoms with E-state index in [1.807, 2.05) is 13.1 Å². The average molecular weight is 256 g/mol. The van der Waals surface area contributed by atoms with Gasteiger partial charge in [0.15, 0.2) is 0 Å². The molecule has 2 rings (SSSR count). The molecular weight excluding hydrogens is 238 g/mol. The van der Waals surface area contributed by atoms with E-state index in [2.05, 4.69) is 10.3 Å². The molecule has 2 unspecified atom stereocenters. The van der Waals surface area contributed by atoms with Crippen molar-refractivity contribution in [3.8, 4) is 0 Å². The summed E-state index contributed by atoms with van der Waals surface area (Å²) < 4.78 is 5.52. The minimum Gasteiger partial charge on any atom is -0.383 e. The standard InChI is InChI=1S/C12H18ClN3O/c1-15-11(8-3-2-4-17-7-8)10-5-9(13)6-16-12(10)14/h5-6,8,11,15H,2-4,7H2,1H3,(H2,14,16). The molecule has 1 saturated heterocycles. The van der Waals surface area contributed by atoms with Crippen molar-refractivity contribution < 1.29 is 4.74 Å². The summed E-state index contributed by atoms with van der Waals surface area (Å²) in [5.74, 6) is 0.968. The van der Waals surface area contributed by atoms with Crippen molar-refractivity contribution in [2.75, 3.05) is 26.0 Å². The van der Waals surface area contributed by atoms with Gasteiger partial charge in [0.05, 0.1) is 11.6 Å². The number of halogens is 1. The van der Waals surface area contributed by atoms with E-state index in [-0.39, 0.29) is 6.04 Å². The van der Waals surface area contributed by atoms with E-state index < -0.39 is 0 Å². The molecule has 2 atom stereocenters. The van der Waals surface area contributed by atoms with E-state index in [4.69, 9.17) is 22.1 Å². The molecule has 2 heterocycles. The first-order valence-corrected chi connectivity index (χ1v) is 6.26. The number of hydrogen-bond donors (Lipinski definition) is 2. The van der Waals surface area contributed by atoms with Gasteiger partial charge in [0.25, 0.3) is 0 Å². The molecule has 3 N–H and O–H groups in total. The second kappa shape index (κ2) is 5.67. The Labute approximate surface area is 107 Å². The van der Waals surface area contributed by atoms with E-state index in [1.165, 1.54) is 0 Å². The summed E-state index contributed by atoms with van der Waals surface area (Å²) in [6, 6.07) is 2.04. The van der Waals surface area contributed by atoms with Crippen LogP contribution >= 0.6 is 11.6 Å². The van der Waals surface area contributed by atoms with Gasteiger partial charge in [0, 0.05) is 30.3 Å². The highest BCUT2D eigenvalue weighted by molar-refractivity contribution is 6.30. The lowest BCUT2D eigenvalue weighted by Gasteiger charge is -2.30. The lowest BCUT2D eigenvalue weighted by molar-refractivity contribution is 0.0402. The monoisotopic (exact) mass is 255 g/mol. The summed E-state index contributed by atoms with van der Waals surface area (Å²) in [5.41, 5.74) is 6.89. The third-order valence-electron chi connectivity index (χ3n) is 3.23. The summed E-state index contributed by atoms with van der Waals surface area (Å²) >= 11 is 5.98. The summed E-state index contributed by atoms with van der Waals surface area (Å²) in [7, 11) is 1.93. The van der Waals surface area contributed by atoms with Gasteiger partial charge >= 0.3 is 0 Å². The number of ether oxygens (including phenoxy) is 1. The van der Waals surface area contributed by atoms with Gasteiger partial charge < -0.3 is 15.8 Å². The third kappa shape index (κ3) is 2.89. The fourth-order valence-electron chi connectivity index (χ4n) is 2.39. The van der Waals surface area contributed by atoms with Gasteiger partial charge in [-0.05, 0) is 26.0 Å². The van der Waals surface area contributed by atoms with Crippen molar-refractivity contribution in [2.45, 2.75) is 18.9 Å². The van der Waals surface area contributed by atoms with Crippen molar-refractivity contribution in [2.24, 2.45) is 5.92 Å². The number of rotatable bonds is 3. The molecule has 0 amide bonds. The topological polar surface area (TPSA) is 60.2 Å². The minimum absolute atomic E-state index is 0.154.